The molecule has 11 nitrogen and oxygen atoms in total. The number of piperazine rings is 1. The zero-order chi connectivity index (χ0) is 38.5. The molecule has 2 heterocycles. The van der Waals surface area contributed by atoms with Crippen LogP contribution in [0.3, 0.4) is 0 Å². The molecule has 7 aromatic rings. The predicted octanol–water partition coefficient (Wildman–Crippen LogP) is 9.20. The molecule has 1 amide bonds. The highest BCUT2D eigenvalue weighted by molar-refractivity contribution is 7.96. The van der Waals surface area contributed by atoms with E-state index < -0.39 is 16.3 Å². The highest BCUT2D eigenvalue weighted by Gasteiger charge is 2.35. The van der Waals surface area contributed by atoms with Crippen LogP contribution >= 0.6 is 0 Å². The van der Waals surface area contributed by atoms with E-state index in [1.165, 1.54) is 29.3 Å². The Bertz CT molecular complexity index is 2450. The number of aromatic amines is 1. The van der Waals surface area contributed by atoms with Crippen molar-refractivity contribution in [3.8, 4) is 11.5 Å². The topological polar surface area (TPSA) is 145 Å². The smallest absolute Gasteiger partial charge is 0.349 e. The molecule has 0 spiro atoms. The third-order valence-electron chi connectivity index (χ3n) is 9.94. The van der Waals surface area contributed by atoms with Gasteiger partial charge >= 0.3 is 10.4 Å². The molecule has 0 aliphatic carbocycles. The Morgan fingerprint density at radius 1 is 0.750 bits per heavy atom. The van der Waals surface area contributed by atoms with Crippen molar-refractivity contribution in [1.82, 2.24) is 14.6 Å². The van der Waals surface area contributed by atoms with Crippen LogP contribution < -0.4 is 25.2 Å². The minimum atomic E-state index is -4.16. The van der Waals surface area contributed by atoms with Gasteiger partial charge in [0.1, 0.15) is 11.5 Å². The van der Waals surface area contributed by atoms with E-state index in [2.05, 4.69) is 73.4 Å². The van der Waals surface area contributed by atoms with E-state index >= 15 is 0 Å². The Labute approximate surface area is 325 Å². The number of rotatable bonds is 12. The van der Waals surface area contributed by atoms with Crippen LogP contribution in [0.25, 0.3) is 10.9 Å². The summed E-state index contributed by atoms with van der Waals surface area (Å²) < 4.78 is 33.6. The molecule has 1 aliphatic rings. The molecule has 1 aliphatic heterocycles. The molecule has 1 aromatic heterocycles. The number of nitrogens with zero attached hydrogens (tertiary/aromatic N) is 2. The number of amides is 1. The van der Waals surface area contributed by atoms with Crippen molar-refractivity contribution in [1.29, 1.82) is 0 Å². The minimum Gasteiger partial charge on any atom is -0.761 e. The van der Waals surface area contributed by atoms with Gasteiger partial charge in [-0.05, 0) is 69.9 Å². The lowest BCUT2D eigenvalue weighted by atomic mass is 9.96. The number of ether oxygens (including phenoxy) is 1. The molecule has 282 valence electrons. The molecular formula is C44H40N6O5S. The number of hydrogen-bond acceptors (Lipinski definition) is 8. The summed E-state index contributed by atoms with van der Waals surface area (Å²) in [6.45, 7) is 3.05. The third-order valence-corrected chi connectivity index (χ3v) is 11.3. The van der Waals surface area contributed by atoms with Crippen LogP contribution in [0.1, 0.15) is 27.5 Å². The summed E-state index contributed by atoms with van der Waals surface area (Å²) >= 11 is 0. The van der Waals surface area contributed by atoms with E-state index in [1.54, 1.807) is 18.2 Å². The van der Waals surface area contributed by atoms with Gasteiger partial charge in [-0.25, -0.2) is 0 Å². The lowest BCUT2D eigenvalue weighted by Gasteiger charge is -2.40. The Hall–Kier alpha value is -6.44. The second kappa shape index (κ2) is 16.1. The highest BCUT2D eigenvalue weighted by atomic mass is 32.3. The first-order valence-electron chi connectivity index (χ1n) is 18.3. The van der Waals surface area contributed by atoms with Gasteiger partial charge in [0.25, 0.3) is 5.91 Å². The summed E-state index contributed by atoms with van der Waals surface area (Å²) in [7, 11) is -4.16. The minimum absolute atomic E-state index is 0.0369. The summed E-state index contributed by atoms with van der Waals surface area (Å²) in [5.41, 5.74) is 7.33. The lowest BCUT2D eigenvalue weighted by Crippen LogP contribution is -2.48. The second-order valence-corrected chi connectivity index (χ2v) is 15.2. The maximum Gasteiger partial charge on any atom is 0.349 e. The Morgan fingerprint density at radius 2 is 1.43 bits per heavy atom. The van der Waals surface area contributed by atoms with Crippen molar-refractivity contribution < 1.29 is 18.3 Å². The standard InChI is InChI=1S/C44H40N6O5S/c51-44(48-56(53,54)37-18-21-40(41(30-37)47-52)46-34-14-8-3-9-15-34)38-19-16-35(29-42(38)55-36-17-20-39-33(28-36)22-23-45-39)49-24-26-50(27-25-49)43(31-10-4-1-5-11-31)32-12-6-2-7-13-32/h1-23,28-30,43,45-47H,24-27H2,(H2,48,51,53,54). The molecule has 0 saturated carbocycles. The third kappa shape index (κ3) is 7.99. The highest BCUT2D eigenvalue weighted by Crippen LogP contribution is 2.35. The fourth-order valence-electron chi connectivity index (χ4n) is 7.13. The maximum atomic E-state index is 13.9. The molecule has 5 N–H and O–H groups in total. The average Bonchev–Trinajstić information content (AvgIpc) is 3.70. The first kappa shape index (κ1) is 36.5. The Morgan fingerprint density at radius 3 is 2.11 bits per heavy atom. The normalized spacial score (nSPS) is 14.3. The summed E-state index contributed by atoms with van der Waals surface area (Å²) in [6, 6.07) is 47.2. The van der Waals surface area contributed by atoms with Gasteiger partial charge in [0.15, 0.2) is 0 Å². The largest absolute Gasteiger partial charge is 0.761 e. The molecule has 6 aromatic carbocycles. The van der Waals surface area contributed by atoms with Crippen LogP contribution in [0, 0.1) is 5.21 Å². The molecule has 1 fully saturated rings. The second-order valence-electron chi connectivity index (χ2n) is 13.5. The number of carbonyl (C=O) groups excluding carboxylic acids is 1. The van der Waals surface area contributed by atoms with Gasteiger partial charge in [0.2, 0.25) is 4.90 Å². The number of fused-ring (bicyclic) bond motifs is 1. The quantitative estimate of drug-likeness (QED) is 0.0608. The van der Waals surface area contributed by atoms with E-state index in [-0.39, 0.29) is 27.9 Å². The molecule has 12 heteroatoms. The lowest BCUT2D eigenvalue weighted by molar-refractivity contribution is 0.0977. The number of anilines is 4. The van der Waals surface area contributed by atoms with Crippen molar-refractivity contribution in [3.63, 3.8) is 0 Å². The fourth-order valence-corrected chi connectivity index (χ4v) is 8.14. The maximum absolute atomic E-state index is 13.9. The number of carbonyl (C=O) groups is 1. The van der Waals surface area contributed by atoms with E-state index in [4.69, 9.17) is 4.74 Å². The van der Waals surface area contributed by atoms with E-state index in [1.807, 2.05) is 78.4 Å². The van der Waals surface area contributed by atoms with Gasteiger partial charge in [0.05, 0.1) is 23.0 Å². The van der Waals surface area contributed by atoms with Crippen molar-refractivity contribution >= 4 is 50.0 Å². The van der Waals surface area contributed by atoms with Crippen LogP contribution in [0.15, 0.2) is 163 Å². The van der Waals surface area contributed by atoms with Crippen LogP contribution in [0.5, 0.6) is 11.5 Å². The molecule has 0 bridgehead atoms. The number of aromatic nitrogens is 1. The van der Waals surface area contributed by atoms with Gasteiger partial charge in [-0.2, -0.15) is 4.55 Å². The number of benzene rings is 6. The molecular weight excluding hydrogens is 725 g/mol. The van der Waals surface area contributed by atoms with Gasteiger partial charge in [-0.15, -0.1) is 4.72 Å². The molecule has 1 unspecified atom stereocenters. The van der Waals surface area contributed by atoms with E-state index in [9.17, 15) is 18.8 Å². The molecule has 56 heavy (non-hydrogen) atoms. The van der Waals surface area contributed by atoms with Crippen LogP contribution in [0.2, 0.25) is 0 Å². The fraction of sp³-hybridized carbons (Fsp3) is 0.114. The first-order chi connectivity index (χ1) is 27.3. The predicted molar refractivity (Wildman–Crippen MR) is 223 cm³/mol. The zero-order valence-electron chi connectivity index (χ0n) is 30.3. The monoisotopic (exact) mass is 764 g/mol. The van der Waals surface area contributed by atoms with Gasteiger partial charge in [-0.3, -0.25) is 9.69 Å². The summed E-state index contributed by atoms with van der Waals surface area (Å²) in [5.74, 6) is -0.0920. The zero-order valence-corrected chi connectivity index (χ0v) is 31.1. The summed E-state index contributed by atoms with van der Waals surface area (Å²) in [5, 5.41) is 16.0. The van der Waals surface area contributed by atoms with Crippen LogP contribution in [-0.2, 0) is 14.6 Å². The SMILES string of the molecule is O=C(N[S+](=O)(O)c1ccc(Nc2ccccc2)c(N[O-])c1)c1ccc(N2CCN(C(c3ccccc3)c3ccccc3)CC2)cc1Oc1ccc2[nH]ccc2c1. The summed E-state index contributed by atoms with van der Waals surface area (Å²) in [4.78, 5) is 21.7. The first-order valence-corrected chi connectivity index (χ1v) is 19.8. The van der Waals surface area contributed by atoms with Crippen molar-refractivity contribution in [2.24, 2.45) is 0 Å². The molecule has 1 saturated heterocycles. The molecule has 0 radical (unpaired) electrons. The van der Waals surface area contributed by atoms with Crippen LogP contribution in [0.4, 0.5) is 22.7 Å². The number of H-pyrrole nitrogens is 1. The van der Waals surface area contributed by atoms with E-state index in [0.717, 1.165) is 48.5 Å². The van der Waals surface area contributed by atoms with Crippen molar-refractivity contribution in [3.05, 3.63) is 180 Å². The molecule has 1 atom stereocenters. The van der Waals surface area contributed by atoms with Crippen molar-refractivity contribution in [2.45, 2.75) is 10.9 Å². The Kier molecular flexibility index (Phi) is 10.5. The van der Waals surface area contributed by atoms with Crippen LogP contribution in [-0.4, -0.2) is 46.5 Å². The van der Waals surface area contributed by atoms with Gasteiger partial charge in [-0.1, -0.05) is 78.9 Å². The molecule has 8 rings (SSSR count). The number of nitrogens with one attached hydrogen (secondary N) is 4. The average molecular weight is 765 g/mol. The van der Waals surface area contributed by atoms with Crippen molar-refractivity contribution in [2.75, 3.05) is 41.9 Å². The summed E-state index contributed by atoms with van der Waals surface area (Å²) in [6.07, 6.45) is 1.84. The number of para-hydroxylation sites is 1. The van der Waals surface area contributed by atoms with Gasteiger partial charge < -0.3 is 30.6 Å². The number of hydrogen-bond donors (Lipinski definition) is 5. The Balaban J connectivity index is 1.05. The van der Waals surface area contributed by atoms with Gasteiger partial charge in [0, 0.05) is 72.9 Å². The van der Waals surface area contributed by atoms with E-state index in [0.29, 0.717) is 11.4 Å².